The van der Waals surface area contributed by atoms with Gasteiger partial charge in [0.2, 0.25) is 0 Å². The van der Waals surface area contributed by atoms with Crippen molar-refractivity contribution in [1.82, 2.24) is 21.3 Å². The normalized spacial score (nSPS) is 41.2. The maximum Gasteiger partial charge on any atom is 0.350 e. The molecular formula is C40H60N4O6. The number of esters is 1. The first-order chi connectivity index (χ1) is 24.3. The molecule has 0 amide bonds. The number of piperidine rings is 2. The lowest BCUT2D eigenvalue weighted by Crippen LogP contribution is -2.62. The molecule has 0 bridgehead atoms. The van der Waals surface area contributed by atoms with Crippen molar-refractivity contribution in [3.8, 4) is 0 Å². The number of hydrogen-bond donors (Lipinski definition) is 5. The third-order valence-corrected chi connectivity index (χ3v) is 13.7. The number of aliphatic hydroxyl groups excluding tert-OH is 1. The molecule has 2 saturated carbocycles. The van der Waals surface area contributed by atoms with E-state index in [9.17, 15) is 19.5 Å². The van der Waals surface area contributed by atoms with Crippen LogP contribution in [0.2, 0.25) is 0 Å². The number of fused-ring (bicyclic) bond motifs is 4. The van der Waals surface area contributed by atoms with Crippen molar-refractivity contribution >= 4 is 17.5 Å². The fraction of sp³-hybridized carbons (Fsp3) is 0.775. The molecule has 0 aromatic heterocycles. The van der Waals surface area contributed by atoms with Crippen LogP contribution in [0.3, 0.4) is 0 Å². The van der Waals surface area contributed by atoms with Crippen LogP contribution >= 0.6 is 0 Å². The fourth-order valence-electron chi connectivity index (χ4n) is 10.7. The summed E-state index contributed by atoms with van der Waals surface area (Å²) in [6, 6.07) is 0.0616. The molecule has 11 atom stereocenters. The average Bonchev–Trinajstić information content (AvgIpc) is 3.85. The number of nitrogens with one attached hydrogen (secondary N) is 4. The smallest absolute Gasteiger partial charge is 0.350 e. The van der Waals surface area contributed by atoms with Gasteiger partial charge >= 0.3 is 5.97 Å². The number of epoxide rings is 1. The second-order valence-corrected chi connectivity index (χ2v) is 16.3. The molecule has 11 unspecified atom stereocenters. The molecule has 7 rings (SSSR count). The van der Waals surface area contributed by atoms with Crippen LogP contribution in [-0.2, 0) is 23.9 Å². The van der Waals surface area contributed by atoms with E-state index < -0.39 is 29.0 Å². The van der Waals surface area contributed by atoms with Crippen molar-refractivity contribution in [1.29, 1.82) is 0 Å². The highest BCUT2D eigenvalue weighted by molar-refractivity contribution is 6.23. The van der Waals surface area contributed by atoms with Crippen LogP contribution in [0.25, 0.3) is 0 Å². The van der Waals surface area contributed by atoms with Crippen molar-refractivity contribution in [3.05, 3.63) is 34.9 Å². The van der Waals surface area contributed by atoms with Crippen LogP contribution in [0.4, 0.5) is 0 Å². The quantitative estimate of drug-likeness (QED) is 0.0887. The highest BCUT2D eigenvalue weighted by atomic mass is 16.7. The van der Waals surface area contributed by atoms with Gasteiger partial charge in [-0.15, -0.1) is 0 Å². The zero-order chi connectivity index (χ0) is 35.0. The van der Waals surface area contributed by atoms with E-state index in [0.717, 1.165) is 82.9 Å². The van der Waals surface area contributed by atoms with E-state index in [4.69, 9.17) is 9.47 Å². The van der Waals surface area contributed by atoms with Crippen LogP contribution in [0.1, 0.15) is 97.3 Å². The number of carbonyl (C=O) groups excluding carboxylic acids is 3. The highest BCUT2D eigenvalue weighted by Gasteiger charge is 2.87. The fourth-order valence-corrected chi connectivity index (χ4v) is 10.7. The predicted molar refractivity (Wildman–Crippen MR) is 191 cm³/mol. The molecule has 4 aliphatic carbocycles. The van der Waals surface area contributed by atoms with Gasteiger partial charge in [0, 0.05) is 30.2 Å². The Balaban J connectivity index is 1.09. The van der Waals surface area contributed by atoms with Crippen LogP contribution in [0.15, 0.2) is 34.9 Å². The van der Waals surface area contributed by atoms with Gasteiger partial charge < -0.3 is 30.5 Å². The van der Waals surface area contributed by atoms with Crippen molar-refractivity contribution in [2.75, 3.05) is 33.4 Å². The summed E-state index contributed by atoms with van der Waals surface area (Å²) >= 11 is 0. The third kappa shape index (κ3) is 6.40. The van der Waals surface area contributed by atoms with Gasteiger partial charge in [0.1, 0.15) is 0 Å². The molecule has 50 heavy (non-hydrogen) atoms. The number of likely N-dealkylation sites (N-methyl/N-ethyl adjacent to an activating group) is 1. The zero-order valence-electron chi connectivity index (χ0n) is 30.4. The topological polar surface area (TPSA) is 141 Å². The molecule has 10 heteroatoms. The minimum absolute atomic E-state index is 0.0614. The molecule has 10 nitrogen and oxygen atoms in total. The second kappa shape index (κ2) is 15.0. The summed E-state index contributed by atoms with van der Waals surface area (Å²) < 4.78 is 12.4. The Bertz CT molecular complexity index is 1410. The number of allylic oxidation sites excluding steroid dienone is 4. The molecule has 5 fully saturated rings. The molecule has 0 aromatic rings. The molecule has 7 aliphatic rings. The number of carbonyl (C=O) groups is 3. The van der Waals surface area contributed by atoms with Crippen LogP contribution < -0.4 is 21.3 Å². The lowest BCUT2D eigenvalue weighted by molar-refractivity contribution is -0.160. The Hall–Kier alpha value is -2.21. The van der Waals surface area contributed by atoms with Gasteiger partial charge in [-0.1, -0.05) is 43.6 Å². The van der Waals surface area contributed by atoms with Crippen molar-refractivity contribution in [2.45, 2.75) is 127 Å². The highest BCUT2D eigenvalue weighted by Crippen LogP contribution is 2.62. The van der Waals surface area contributed by atoms with E-state index in [1.807, 2.05) is 14.0 Å². The average molecular weight is 693 g/mol. The standard InChI is InChI=1S/C40H60N4O6/c1-4-42-33-20-27-10-6-5-9-26(27)19-28(33)23-49-38(48)40-36(47)32-12-8-7-11-31(32)35(46)39(40,50-40)21-29(22-45)24(2)13-14-25-17-18-43-37-30(25)15-16-34(41-3)44-37/h6,10,20,25-26,28,30-34,37,41-45H,4-5,7-9,11-19,21-23H2,1-3H3. The monoisotopic (exact) mass is 692 g/mol. The summed E-state index contributed by atoms with van der Waals surface area (Å²) in [5.74, 6) is -0.494. The second-order valence-electron chi connectivity index (χ2n) is 16.3. The van der Waals surface area contributed by atoms with E-state index in [2.05, 4.69) is 46.4 Å². The van der Waals surface area contributed by atoms with Crippen molar-refractivity contribution < 1.29 is 29.0 Å². The molecule has 276 valence electrons. The van der Waals surface area contributed by atoms with E-state index in [-0.39, 0.29) is 43.2 Å². The lowest BCUT2D eigenvalue weighted by Gasteiger charge is -2.45. The predicted octanol–water partition coefficient (Wildman–Crippen LogP) is 3.85. The van der Waals surface area contributed by atoms with Gasteiger partial charge in [-0.25, -0.2) is 4.79 Å². The number of rotatable bonds is 12. The molecule has 3 saturated heterocycles. The van der Waals surface area contributed by atoms with Crippen LogP contribution in [0, 0.1) is 35.5 Å². The van der Waals surface area contributed by atoms with E-state index >= 15 is 0 Å². The minimum Gasteiger partial charge on any atom is -0.463 e. The molecule has 3 aliphatic heterocycles. The largest absolute Gasteiger partial charge is 0.463 e. The maximum atomic E-state index is 14.4. The summed E-state index contributed by atoms with van der Waals surface area (Å²) in [5.41, 5.74) is -0.429. The van der Waals surface area contributed by atoms with Gasteiger partial charge in [0.15, 0.2) is 17.2 Å². The zero-order valence-corrected chi connectivity index (χ0v) is 30.4. The molecule has 0 radical (unpaired) electrons. The third-order valence-electron chi connectivity index (χ3n) is 13.7. The van der Waals surface area contributed by atoms with Gasteiger partial charge in [0.05, 0.1) is 25.5 Å². The number of aliphatic hydroxyl groups is 1. The molecule has 0 aromatic carbocycles. The first-order valence-corrected chi connectivity index (χ1v) is 19.8. The Labute approximate surface area is 298 Å². The Kier molecular flexibility index (Phi) is 10.9. The number of Topliss-reactive ketones (excluding diaryl/α,β-unsaturated/α-hetero) is 2. The summed E-state index contributed by atoms with van der Waals surface area (Å²) in [4.78, 5) is 43.1. The summed E-state index contributed by atoms with van der Waals surface area (Å²) in [6.45, 7) is 5.80. The van der Waals surface area contributed by atoms with E-state index in [1.54, 1.807) is 0 Å². The number of ketones is 2. The number of hydrogen-bond acceptors (Lipinski definition) is 10. The van der Waals surface area contributed by atoms with Gasteiger partial charge in [0.25, 0.3) is 5.60 Å². The van der Waals surface area contributed by atoms with Gasteiger partial charge in [-0.3, -0.25) is 14.9 Å². The first kappa shape index (κ1) is 36.2. The van der Waals surface area contributed by atoms with Crippen molar-refractivity contribution in [2.24, 2.45) is 35.5 Å². The Morgan fingerprint density at radius 1 is 1.08 bits per heavy atom. The Morgan fingerprint density at radius 2 is 1.88 bits per heavy atom. The maximum absolute atomic E-state index is 14.4. The summed E-state index contributed by atoms with van der Waals surface area (Å²) in [6.07, 6.45) is 18.6. The molecule has 3 heterocycles. The summed E-state index contributed by atoms with van der Waals surface area (Å²) in [5, 5.41) is 25.0. The number of ether oxygens (including phenoxy) is 2. The van der Waals surface area contributed by atoms with Crippen LogP contribution in [-0.4, -0.2) is 85.6 Å². The first-order valence-electron chi connectivity index (χ1n) is 19.8. The van der Waals surface area contributed by atoms with Gasteiger partial charge in [-0.2, -0.15) is 0 Å². The van der Waals surface area contributed by atoms with Crippen LogP contribution in [0.5, 0.6) is 0 Å². The van der Waals surface area contributed by atoms with Gasteiger partial charge in [-0.05, 0) is 120 Å². The van der Waals surface area contributed by atoms with E-state index in [1.165, 1.54) is 5.57 Å². The van der Waals surface area contributed by atoms with Crippen molar-refractivity contribution in [3.63, 3.8) is 0 Å². The summed E-state index contributed by atoms with van der Waals surface area (Å²) in [7, 11) is 2.00. The SMILES string of the molecule is CCNC1C=C2C=CCCC2CC1COC(=O)C12OC1(CC(CO)=C(C)CCC1CCNC3NC(NC)CCC13)C(=O)C1CCCCC1C2=O. The molecular weight excluding hydrogens is 632 g/mol. The Morgan fingerprint density at radius 3 is 2.64 bits per heavy atom. The minimum atomic E-state index is -1.92. The lowest BCUT2D eigenvalue weighted by atomic mass is 9.60. The molecule has 0 spiro atoms. The molecule has 5 N–H and O–H groups in total. The van der Waals surface area contributed by atoms with E-state index in [0.29, 0.717) is 48.5 Å².